The fourth-order valence-corrected chi connectivity index (χ4v) is 2.38. The van der Waals surface area contributed by atoms with E-state index in [4.69, 9.17) is 4.74 Å². The number of hydrogen-bond donors (Lipinski definition) is 1. The molecule has 100 valence electrons. The quantitative estimate of drug-likeness (QED) is 0.824. The van der Waals surface area contributed by atoms with Crippen molar-refractivity contribution in [3.8, 4) is 0 Å². The van der Waals surface area contributed by atoms with E-state index in [1.54, 1.807) is 18.9 Å². The lowest BCUT2D eigenvalue weighted by molar-refractivity contribution is -0.121. The molecule has 0 radical (unpaired) electrons. The van der Waals surface area contributed by atoms with Gasteiger partial charge in [0.2, 0.25) is 5.91 Å². The second-order valence-corrected chi connectivity index (χ2v) is 5.63. The Labute approximate surface area is 113 Å². The van der Waals surface area contributed by atoms with E-state index in [-0.39, 0.29) is 17.2 Å². The Kier molecular flexibility index (Phi) is 6.83. The van der Waals surface area contributed by atoms with Gasteiger partial charge in [-0.05, 0) is 19.4 Å². The van der Waals surface area contributed by atoms with Crippen molar-refractivity contribution in [2.45, 2.75) is 30.9 Å². The van der Waals surface area contributed by atoms with Crippen LogP contribution < -0.4 is 5.32 Å². The average molecular weight is 267 g/mol. The number of hydrogen-bond acceptors (Lipinski definition) is 3. The maximum absolute atomic E-state index is 11.9. The molecule has 1 aromatic carbocycles. The van der Waals surface area contributed by atoms with Crippen LogP contribution in [0.3, 0.4) is 0 Å². The first-order valence-corrected chi connectivity index (χ1v) is 7.13. The highest BCUT2D eigenvalue weighted by Crippen LogP contribution is 2.17. The number of carbonyl (C=O) groups excluding carboxylic acids is 1. The second-order valence-electron chi connectivity index (χ2n) is 4.30. The number of amides is 1. The fraction of sp³-hybridized carbons (Fsp3) is 0.500. The summed E-state index contributed by atoms with van der Waals surface area (Å²) in [6.45, 7) is 4.42. The maximum Gasteiger partial charge on any atom is 0.233 e. The molecule has 0 heterocycles. The molecule has 0 saturated carbocycles. The molecule has 1 amide bonds. The fourth-order valence-electron chi connectivity index (χ4n) is 1.52. The van der Waals surface area contributed by atoms with Gasteiger partial charge in [0.05, 0.1) is 11.9 Å². The van der Waals surface area contributed by atoms with Gasteiger partial charge in [0.1, 0.15) is 0 Å². The summed E-state index contributed by atoms with van der Waals surface area (Å²) in [4.78, 5) is 11.9. The van der Waals surface area contributed by atoms with Crippen molar-refractivity contribution in [1.29, 1.82) is 0 Å². The van der Waals surface area contributed by atoms with Crippen LogP contribution in [-0.2, 0) is 15.3 Å². The highest BCUT2D eigenvalue weighted by molar-refractivity contribution is 7.99. The van der Waals surface area contributed by atoms with E-state index in [0.29, 0.717) is 6.61 Å². The summed E-state index contributed by atoms with van der Waals surface area (Å²) >= 11 is 1.64. The number of ether oxygens (including phenoxy) is 1. The van der Waals surface area contributed by atoms with E-state index in [0.717, 1.165) is 5.75 Å². The normalized spacial score (nSPS) is 13.9. The number of rotatable bonds is 7. The highest BCUT2D eigenvalue weighted by atomic mass is 32.2. The number of nitrogens with one attached hydrogen (secondary N) is 1. The molecular formula is C14H21NO2S. The first-order chi connectivity index (χ1) is 8.63. The molecule has 18 heavy (non-hydrogen) atoms. The molecule has 0 unspecified atom stereocenters. The van der Waals surface area contributed by atoms with E-state index in [2.05, 4.69) is 17.4 Å². The minimum atomic E-state index is -0.0514. The molecule has 1 N–H and O–H groups in total. The first-order valence-electron chi connectivity index (χ1n) is 6.08. The Morgan fingerprint density at radius 2 is 2.00 bits per heavy atom. The lowest BCUT2D eigenvalue weighted by Crippen LogP contribution is -2.39. The molecule has 0 aliphatic heterocycles. The second kappa shape index (κ2) is 8.16. The zero-order valence-electron chi connectivity index (χ0n) is 11.2. The summed E-state index contributed by atoms with van der Waals surface area (Å²) in [7, 11) is 1.64. The van der Waals surface area contributed by atoms with Gasteiger partial charge in [-0.15, -0.1) is 11.8 Å². The van der Waals surface area contributed by atoms with Crippen LogP contribution in [0.15, 0.2) is 30.3 Å². The third-order valence-electron chi connectivity index (χ3n) is 2.52. The molecular weight excluding hydrogens is 246 g/mol. The molecule has 2 atom stereocenters. The topological polar surface area (TPSA) is 38.3 Å². The lowest BCUT2D eigenvalue weighted by atomic mass is 10.2. The molecule has 1 rings (SSSR count). The van der Waals surface area contributed by atoms with Crippen molar-refractivity contribution >= 4 is 17.7 Å². The predicted octanol–water partition coefficient (Wildman–Crippen LogP) is 2.46. The van der Waals surface area contributed by atoms with Gasteiger partial charge in [-0.2, -0.15) is 0 Å². The summed E-state index contributed by atoms with van der Waals surface area (Å²) < 4.78 is 4.99. The van der Waals surface area contributed by atoms with E-state index in [1.165, 1.54) is 5.56 Å². The van der Waals surface area contributed by atoms with Gasteiger partial charge in [0, 0.05) is 18.9 Å². The van der Waals surface area contributed by atoms with Gasteiger partial charge in [-0.3, -0.25) is 4.79 Å². The minimum absolute atomic E-state index is 0.0514. The Bertz CT molecular complexity index is 356. The van der Waals surface area contributed by atoms with Gasteiger partial charge < -0.3 is 10.1 Å². The van der Waals surface area contributed by atoms with Crippen LogP contribution in [0, 0.1) is 0 Å². The van der Waals surface area contributed by atoms with Crippen LogP contribution in [-0.4, -0.2) is 30.9 Å². The van der Waals surface area contributed by atoms with Crippen molar-refractivity contribution in [3.63, 3.8) is 0 Å². The Morgan fingerprint density at radius 3 is 2.61 bits per heavy atom. The maximum atomic E-state index is 11.9. The van der Waals surface area contributed by atoms with Crippen LogP contribution in [0.2, 0.25) is 0 Å². The summed E-state index contributed by atoms with van der Waals surface area (Å²) in [5.74, 6) is 0.925. The third kappa shape index (κ3) is 5.56. The first kappa shape index (κ1) is 15.1. The number of carbonyl (C=O) groups is 1. The predicted molar refractivity (Wildman–Crippen MR) is 76.7 cm³/mol. The summed E-state index contributed by atoms with van der Waals surface area (Å²) in [5, 5.41) is 2.88. The Hall–Kier alpha value is -1.00. The molecule has 0 bridgehead atoms. The van der Waals surface area contributed by atoms with E-state index >= 15 is 0 Å². The minimum Gasteiger partial charge on any atom is -0.383 e. The Balaban J connectivity index is 2.32. The van der Waals surface area contributed by atoms with Gasteiger partial charge in [-0.25, -0.2) is 0 Å². The average Bonchev–Trinajstić information content (AvgIpc) is 2.37. The smallest absolute Gasteiger partial charge is 0.233 e. The molecule has 0 aliphatic carbocycles. The van der Waals surface area contributed by atoms with E-state index in [1.807, 2.05) is 32.0 Å². The summed E-state index contributed by atoms with van der Waals surface area (Å²) in [5.41, 5.74) is 1.24. The van der Waals surface area contributed by atoms with Crippen molar-refractivity contribution in [2.75, 3.05) is 13.7 Å². The molecule has 0 aromatic heterocycles. The largest absolute Gasteiger partial charge is 0.383 e. The molecule has 0 saturated heterocycles. The van der Waals surface area contributed by atoms with Crippen molar-refractivity contribution < 1.29 is 9.53 Å². The van der Waals surface area contributed by atoms with Crippen LogP contribution in [0.1, 0.15) is 19.4 Å². The van der Waals surface area contributed by atoms with E-state index in [9.17, 15) is 4.79 Å². The van der Waals surface area contributed by atoms with Crippen LogP contribution in [0.25, 0.3) is 0 Å². The van der Waals surface area contributed by atoms with Gasteiger partial charge in [-0.1, -0.05) is 30.3 Å². The van der Waals surface area contributed by atoms with Crippen molar-refractivity contribution in [3.05, 3.63) is 35.9 Å². The molecule has 4 heteroatoms. The van der Waals surface area contributed by atoms with Gasteiger partial charge in [0.15, 0.2) is 0 Å². The van der Waals surface area contributed by atoms with E-state index < -0.39 is 0 Å². The third-order valence-corrected chi connectivity index (χ3v) is 3.73. The van der Waals surface area contributed by atoms with Crippen molar-refractivity contribution in [1.82, 2.24) is 5.32 Å². The lowest BCUT2D eigenvalue weighted by Gasteiger charge is -2.16. The SMILES string of the molecule is COC[C@H](C)NC(=O)[C@@H](C)SCc1ccccc1. The van der Waals surface area contributed by atoms with Crippen LogP contribution in [0.5, 0.6) is 0 Å². The number of benzene rings is 1. The molecule has 0 aliphatic rings. The molecule has 0 spiro atoms. The van der Waals surface area contributed by atoms with Crippen LogP contribution in [0.4, 0.5) is 0 Å². The monoisotopic (exact) mass is 267 g/mol. The van der Waals surface area contributed by atoms with Crippen molar-refractivity contribution in [2.24, 2.45) is 0 Å². The highest BCUT2D eigenvalue weighted by Gasteiger charge is 2.15. The standard InChI is InChI=1S/C14H21NO2S/c1-11(9-17-3)15-14(16)12(2)18-10-13-7-5-4-6-8-13/h4-8,11-12H,9-10H2,1-3H3,(H,15,16)/t11-,12+/m0/s1. The Morgan fingerprint density at radius 1 is 1.33 bits per heavy atom. The number of methoxy groups -OCH3 is 1. The summed E-state index contributed by atoms with van der Waals surface area (Å²) in [6.07, 6.45) is 0. The molecule has 0 fully saturated rings. The zero-order chi connectivity index (χ0) is 13.4. The molecule has 1 aromatic rings. The van der Waals surface area contributed by atoms with Crippen LogP contribution >= 0.6 is 11.8 Å². The number of thioether (sulfide) groups is 1. The van der Waals surface area contributed by atoms with Gasteiger partial charge in [0.25, 0.3) is 0 Å². The summed E-state index contributed by atoms with van der Waals surface area (Å²) in [6, 6.07) is 10.2. The van der Waals surface area contributed by atoms with Gasteiger partial charge >= 0.3 is 0 Å². The molecule has 3 nitrogen and oxygen atoms in total. The zero-order valence-corrected chi connectivity index (χ0v) is 12.0.